The second-order valence-corrected chi connectivity index (χ2v) is 38.3. The largest absolute Gasteiger partial charge is 0.744 e. The van der Waals surface area contributed by atoms with Crippen molar-refractivity contribution in [1.82, 2.24) is 0 Å². The van der Waals surface area contributed by atoms with Crippen LogP contribution >= 0.6 is 0 Å². The minimum absolute atomic E-state index is 0.0878. The minimum atomic E-state index is -5.81. The lowest BCUT2D eigenvalue weighted by atomic mass is 10.1. The standard InChI is InChI=1S/C16H12F4O4S.C12H10F4O4S.C11H14O.C10H6F4O5S.2C8H7F3NO4S2.C7H12O.C6H8F2O5S/c1-8(2)9-3-5-10(6-4-9)24-7-11-12(17)14(19)16(25(21,22)23)15(20)13(11)18;1-5(2)6(3)20-4-7-8(13)10(15)12(21(17,18)19)11(16)9(7)14;1-4-12-11-7-5-10(6-8-11)9(2)3;1-3(2)10(15)19-8-4(11)6(13)9(20(16,17)18)7(14)5(8)12;2*9-8(10,11)6-17(13,14)12-18(15,16)7-4-2-1-3-5-7;1-5-8-7(4)6(2)3;1-4(2)5(9)13-3-6(7,8)14(10,11)12/h3-6H,1,7H2,2H3,(H,21,22,23);1,3-4H2,2H3,(H,17,18,19);5-8H,2,4H2,1,3H3;1H2,2H3,(H,16,17,18);2*1-5H,6H2;2,4-5H2,1,3H3;1,3H2,2H3,(H,10,11,12)/q;;;;2*-1;;/p-4. The Balaban J connectivity index is 0.00000156. The molecule has 0 radical (unpaired) electrons. The van der Waals surface area contributed by atoms with Gasteiger partial charge in [0.25, 0.3) is 0 Å². The zero-order valence-corrected chi connectivity index (χ0v) is 77.2. The molecule has 0 spiro atoms. The average molecular weight is 2120 g/mol. The average Bonchev–Trinajstić information content (AvgIpc) is 0.771. The van der Waals surface area contributed by atoms with Gasteiger partial charge in [0.15, 0.2) is 74.9 Å². The summed E-state index contributed by atoms with van der Waals surface area (Å²) >= 11 is 0. The van der Waals surface area contributed by atoms with Gasteiger partial charge in [0, 0.05) is 20.9 Å². The summed E-state index contributed by atoms with van der Waals surface area (Å²) in [4.78, 5) is 13.9. The molecular formula is C78H72F20N2O28S8-6. The number of hydrogen-bond donors (Lipinski definition) is 0. The van der Waals surface area contributed by atoms with Crippen molar-refractivity contribution in [2.24, 2.45) is 0 Å². The number of ether oxygens (including phenoxy) is 6. The summed E-state index contributed by atoms with van der Waals surface area (Å²) in [6, 6.07) is 26.3. The molecule has 0 aliphatic heterocycles. The highest BCUT2D eigenvalue weighted by Gasteiger charge is 2.40. The highest BCUT2D eigenvalue weighted by atomic mass is 32.3. The van der Waals surface area contributed by atoms with Gasteiger partial charge in [-0.15, -0.1) is 0 Å². The van der Waals surface area contributed by atoms with Crippen LogP contribution in [0.25, 0.3) is 19.4 Å². The van der Waals surface area contributed by atoms with Gasteiger partial charge < -0.3 is 54.9 Å². The molecule has 136 heavy (non-hydrogen) atoms. The lowest BCUT2D eigenvalue weighted by Gasteiger charge is -2.21. The van der Waals surface area contributed by atoms with Crippen LogP contribution in [0.4, 0.5) is 87.8 Å². The van der Waals surface area contributed by atoms with E-state index in [0.717, 1.165) is 59.2 Å². The summed E-state index contributed by atoms with van der Waals surface area (Å²) in [5.74, 6) is -34.2. The highest BCUT2D eigenvalue weighted by molar-refractivity contribution is 8.12. The summed E-state index contributed by atoms with van der Waals surface area (Å²) in [6.45, 7) is 38.7. The summed E-state index contributed by atoms with van der Waals surface area (Å²) in [5, 5.41) is -4.61. The highest BCUT2D eigenvalue weighted by Crippen LogP contribution is 2.36. The van der Waals surface area contributed by atoms with E-state index in [9.17, 15) is 183 Å². The quantitative estimate of drug-likeness (QED) is 0.00569. The summed E-state index contributed by atoms with van der Waals surface area (Å²) < 4.78 is 506. The van der Waals surface area contributed by atoms with Gasteiger partial charge in [0.05, 0.1) is 44.4 Å². The van der Waals surface area contributed by atoms with Gasteiger partial charge in [-0.25, -0.2) is 121 Å². The summed E-state index contributed by atoms with van der Waals surface area (Å²) in [5.41, 5.74) is 2.09. The molecule has 0 atom stereocenters. The number of hydrogen-bond acceptors (Lipinski definition) is 28. The molecule has 0 aliphatic rings. The number of rotatable bonds is 31. The van der Waals surface area contributed by atoms with Crippen molar-refractivity contribution >= 4 is 104 Å². The molecule has 0 bridgehead atoms. The number of allylic oxidation sites excluding steroid dienone is 4. The maximum absolute atomic E-state index is 13.8. The SMILES string of the molecule is C=C(C)C(=C)OCC.C=C(C)C(=C)OCc1c(F)c(F)c(S(=O)(=O)[O-])c(F)c1F.C=C(C)C(=O)OCC(F)(F)S(=O)(=O)[O-].C=C(C)C(=O)Oc1c(F)c(F)c(S(=O)(=O)[O-])c(F)c1F.C=C(C)c1ccc(OCC)cc1.C=C(C)c1ccc(OCc2c(F)c(F)c(S(=O)(=O)[O-])c(F)c2F)cc1.O=S(=O)(CC(F)(F)F)[N-]S(=O)(=O)c1ccccc1.O=S(=O)(CC(F)(F)F)[N-]S(=O)(=O)c1ccccc1. The first-order chi connectivity index (χ1) is 61.5. The van der Waals surface area contributed by atoms with Crippen molar-refractivity contribution in [2.75, 3.05) is 31.3 Å². The van der Waals surface area contributed by atoms with Crippen LogP contribution in [-0.2, 0) is 118 Å². The van der Waals surface area contributed by atoms with E-state index in [1.807, 2.05) is 52.0 Å². The van der Waals surface area contributed by atoms with E-state index < -0.39 is 253 Å². The first kappa shape index (κ1) is 125. The first-order valence-electron chi connectivity index (χ1n) is 35.4. The molecule has 58 heteroatoms. The fraction of sp³-hybridized carbons (Fsp3) is 0.231. The van der Waals surface area contributed by atoms with Crippen molar-refractivity contribution in [3.63, 3.8) is 0 Å². The number of sulfonamides is 4. The number of benzene rings is 7. The second kappa shape index (κ2) is 51.7. The lowest BCUT2D eigenvalue weighted by Crippen LogP contribution is -2.34. The Labute approximate surface area is 765 Å². The summed E-state index contributed by atoms with van der Waals surface area (Å²) in [7, 11) is -42.7. The number of carbonyl (C=O) groups excluding carboxylic acids is 2. The van der Waals surface area contributed by atoms with E-state index in [2.05, 4.69) is 70.4 Å². The van der Waals surface area contributed by atoms with Crippen LogP contribution in [0.1, 0.15) is 77.6 Å². The topological polar surface area (TPSA) is 483 Å². The fourth-order valence-corrected chi connectivity index (χ4v) is 15.4. The Morgan fingerprint density at radius 2 is 0.640 bits per heavy atom. The van der Waals surface area contributed by atoms with Crippen LogP contribution < -0.4 is 14.2 Å². The predicted molar refractivity (Wildman–Crippen MR) is 439 cm³/mol. The first-order valence-corrected chi connectivity index (χ1v) is 47.1. The molecule has 0 aliphatic carbocycles. The van der Waals surface area contributed by atoms with Crippen molar-refractivity contribution in [2.45, 2.75) is 111 Å². The van der Waals surface area contributed by atoms with E-state index >= 15 is 0 Å². The minimum Gasteiger partial charge on any atom is -0.744 e. The van der Waals surface area contributed by atoms with E-state index in [-0.39, 0.29) is 22.7 Å². The molecule has 0 aromatic heterocycles. The van der Waals surface area contributed by atoms with Crippen LogP contribution in [0.5, 0.6) is 17.2 Å². The van der Waals surface area contributed by atoms with E-state index in [0.29, 0.717) is 24.5 Å². The molecule has 7 aromatic carbocycles. The van der Waals surface area contributed by atoms with Gasteiger partial charge in [-0.1, -0.05) is 124 Å². The van der Waals surface area contributed by atoms with Gasteiger partial charge >= 0.3 is 29.5 Å². The smallest absolute Gasteiger partial charge is 0.401 e. The molecule has 0 fully saturated rings. The van der Waals surface area contributed by atoms with E-state index in [4.69, 9.17) is 18.9 Å². The Bertz CT molecular complexity index is 6380. The van der Waals surface area contributed by atoms with Gasteiger partial charge in [-0.05, 0) is 126 Å². The molecule has 0 unspecified atom stereocenters. The van der Waals surface area contributed by atoms with Crippen LogP contribution in [0, 0.1) is 69.8 Å². The zero-order chi connectivity index (χ0) is 106. The third-order valence-electron chi connectivity index (χ3n) is 14.4. The number of esters is 2. The molecular weight excluding hydrogens is 2050 g/mol. The maximum Gasteiger partial charge on any atom is 0.401 e. The monoisotopic (exact) mass is 2120 g/mol. The van der Waals surface area contributed by atoms with Crippen LogP contribution in [0.2, 0.25) is 0 Å². The lowest BCUT2D eigenvalue weighted by molar-refractivity contribution is -0.145. The molecule has 0 amide bonds. The summed E-state index contributed by atoms with van der Waals surface area (Å²) in [6.07, 6.45) is -10.1. The van der Waals surface area contributed by atoms with Crippen molar-refractivity contribution < 1.29 is 211 Å². The Morgan fingerprint density at radius 3 is 0.890 bits per heavy atom. The van der Waals surface area contributed by atoms with E-state index in [1.54, 1.807) is 19.1 Å². The Hall–Kier alpha value is -11.4. The van der Waals surface area contributed by atoms with Crippen molar-refractivity contribution in [3.8, 4) is 17.2 Å². The van der Waals surface area contributed by atoms with Crippen molar-refractivity contribution in [3.05, 3.63) is 296 Å². The normalized spacial score (nSPS) is 11.7. The van der Waals surface area contributed by atoms with Gasteiger partial charge in [0.2, 0.25) is 17.4 Å². The number of carbonyl (C=O) groups is 2. The third-order valence-corrected chi connectivity index (χ3v) is 24.4. The van der Waals surface area contributed by atoms with Gasteiger partial charge in [0.1, 0.15) is 113 Å². The number of halogens is 20. The molecule has 756 valence electrons. The molecule has 0 saturated heterocycles. The Morgan fingerprint density at radius 1 is 0.353 bits per heavy atom. The second-order valence-electron chi connectivity index (χ2n) is 25.9. The number of nitrogens with zero attached hydrogens (tertiary/aromatic N) is 2. The van der Waals surface area contributed by atoms with Crippen LogP contribution in [0.15, 0.2) is 220 Å². The number of alkyl halides is 8. The molecule has 0 heterocycles. The molecule has 0 N–H and O–H groups in total. The van der Waals surface area contributed by atoms with Gasteiger partial charge in [-0.2, -0.15) is 43.9 Å². The molecule has 7 rings (SSSR count). The zero-order valence-electron chi connectivity index (χ0n) is 70.6. The van der Waals surface area contributed by atoms with Gasteiger partial charge in [-0.3, -0.25) is 0 Å². The maximum atomic E-state index is 13.8. The third kappa shape index (κ3) is 41.2. The van der Waals surface area contributed by atoms with Crippen LogP contribution in [-0.4, -0.2) is 146 Å². The molecule has 0 saturated carbocycles. The van der Waals surface area contributed by atoms with Crippen LogP contribution in [0.3, 0.4) is 0 Å². The molecule has 7 aromatic rings. The Kier molecular flexibility index (Phi) is 47.3. The van der Waals surface area contributed by atoms with Crippen molar-refractivity contribution in [1.29, 1.82) is 0 Å². The fourth-order valence-electron chi connectivity index (χ4n) is 8.04. The predicted octanol–water partition coefficient (Wildman–Crippen LogP) is 16.9. The molecule has 30 nitrogen and oxygen atoms in total. The van der Waals surface area contributed by atoms with E-state index in [1.165, 1.54) is 67.9 Å².